The molecule has 0 amide bonds. The number of rotatable bonds is 3. The van der Waals surface area contributed by atoms with Crippen LogP contribution in [-0.4, -0.2) is 12.6 Å². The van der Waals surface area contributed by atoms with Gasteiger partial charge in [-0.15, -0.1) is 0 Å². The van der Waals surface area contributed by atoms with Gasteiger partial charge < -0.3 is 10.5 Å². The number of nitrogens with two attached hydrogens (primary N) is 1. The molecule has 0 saturated heterocycles. The third-order valence-electron chi connectivity index (χ3n) is 3.29. The van der Waals surface area contributed by atoms with Crippen molar-refractivity contribution in [2.24, 2.45) is 11.7 Å². The second kappa shape index (κ2) is 5.32. The molecule has 1 aliphatic rings. The summed E-state index contributed by atoms with van der Waals surface area (Å²) in [5, 5.41) is 8.60. The van der Waals surface area contributed by atoms with Crippen LogP contribution in [0.5, 0.6) is 5.75 Å². The minimum atomic E-state index is -0.839. The lowest BCUT2D eigenvalue weighted by molar-refractivity contribution is 0.148. The van der Waals surface area contributed by atoms with Gasteiger partial charge in [0.05, 0.1) is 11.6 Å². The summed E-state index contributed by atoms with van der Waals surface area (Å²) in [6.07, 6.45) is 2.37. The number of nitriles is 1. The molecule has 0 spiro atoms. The van der Waals surface area contributed by atoms with Crippen LogP contribution in [0.3, 0.4) is 0 Å². The lowest BCUT2D eigenvalue weighted by Crippen LogP contribution is -2.28. The SMILES string of the molecule is N#Cc1cc(F)c(OC2CCCC2CN)c(F)c1. The summed E-state index contributed by atoms with van der Waals surface area (Å²) in [7, 11) is 0. The summed E-state index contributed by atoms with van der Waals surface area (Å²) < 4.78 is 32.7. The van der Waals surface area contributed by atoms with Gasteiger partial charge in [-0.1, -0.05) is 0 Å². The van der Waals surface area contributed by atoms with E-state index < -0.39 is 17.4 Å². The molecule has 5 heteroatoms. The largest absolute Gasteiger partial charge is 0.484 e. The second-order valence-electron chi connectivity index (χ2n) is 4.46. The zero-order chi connectivity index (χ0) is 13.1. The van der Waals surface area contributed by atoms with E-state index in [0.717, 1.165) is 31.4 Å². The van der Waals surface area contributed by atoms with Crippen LogP contribution in [-0.2, 0) is 0 Å². The molecule has 0 radical (unpaired) electrons. The van der Waals surface area contributed by atoms with Crippen LogP contribution in [0, 0.1) is 28.9 Å². The average Bonchev–Trinajstić information content (AvgIpc) is 2.80. The maximum atomic E-state index is 13.6. The highest BCUT2D eigenvalue weighted by Gasteiger charge is 2.29. The quantitative estimate of drug-likeness (QED) is 0.898. The molecule has 1 saturated carbocycles. The Balaban J connectivity index is 2.22. The lowest BCUT2D eigenvalue weighted by atomic mass is 10.1. The first-order chi connectivity index (χ1) is 8.65. The van der Waals surface area contributed by atoms with Gasteiger partial charge in [-0.05, 0) is 37.9 Å². The topological polar surface area (TPSA) is 59.0 Å². The zero-order valence-electron chi connectivity index (χ0n) is 9.83. The predicted molar refractivity (Wildman–Crippen MR) is 61.9 cm³/mol. The zero-order valence-corrected chi connectivity index (χ0v) is 9.83. The molecule has 0 bridgehead atoms. The van der Waals surface area contributed by atoms with E-state index in [-0.39, 0.29) is 17.6 Å². The van der Waals surface area contributed by atoms with Crippen LogP contribution in [0.4, 0.5) is 8.78 Å². The Morgan fingerprint density at radius 2 is 2.00 bits per heavy atom. The summed E-state index contributed by atoms with van der Waals surface area (Å²) in [6.45, 7) is 0.449. The first kappa shape index (κ1) is 12.8. The van der Waals surface area contributed by atoms with E-state index in [1.807, 2.05) is 0 Å². The van der Waals surface area contributed by atoms with Crippen molar-refractivity contribution in [2.75, 3.05) is 6.54 Å². The van der Waals surface area contributed by atoms with Gasteiger partial charge in [-0.25, -0.2) is 8.78 Å². The van der Waals surface area contributed by atoms with E-state index >= 15 is 0 Å². The third-order valence-corrected chi connectivity index (χ3v) is 3.29. The van der Waals surface area contributed by atoms with E-state index in [1.165, 1.54) is 0 Å². The molecule has 1 aliphatic carbocycles. The standard InChI is InChI=1S/C13H14F2N2O/c14-10-4-8(6-16)5-11(15)13(10)18-12-3-1-2-9(12)7-17/h4-5,9,12H,1-3,7,17H2. The van der Waals surface area contributed by atoms with Crippen LogP contribution in [0.15, 0.2) is 12.1 Å². The average molecular weight is 252 g/mol. The van der Waals surface area contributed by atoms with Gasteiger partial charge in [0.2, 0.25) is 0 Å². The maximum absolute atomic E-state index is 13.6. The van der Waals surface area contributed by atoms with Crippen LogP contribution in [0.2, 0.25) is 0 Å². The monoisotopic (exact) mass is 252 g/mol. The minimum absolute atomic E-state index is 0.0563. The van der Waals surface area contributed by atoms with Crippen LogP contribution < -0.4 is 10.5 Å². The lowest BCUT2D eigenvalue weighted by Gasteiger charge is -2.20. The van der Waals surface area contributed by atoms with E-state index in [4.69, 9.17) is 15.7 Å². The van der Waals surface area contributed by atoms with Gasteiger partial charge in [0.1, 0.15) is 6.10 Å². The summed E-state index contributed by atoms with van der Waals surface area (Å²) in [4.78, 5) is 0. The fourth-order valence-corrected chi connectivity index (χ4v) is 2.32. The molecule has 2 unspecified atom stereocenters. The predicted octanol–water partition coefficient (Wildman–Crippen LogP) is 2.34. The number of nitrogens with zero attached hydrogens (tertiary/aromatic N) is 1. The Labute approximate surface area is 104 Å². The highest BCUT2D eigenvalue weighted by Crippen LogP contribution is 2.32. The van der Waals surface area contributed by atoms with E-state index in [1.54, 1.807) is 6.07 Å². The molecule has 3 nitrogen and oxygen atoms in total. The number of benzene rings is 1. The van der Waals surface area contributed by atoms with Crippen molar-refractivity contribution in [1.82, 2.24) is 0 Å². The fourth-order valence-electron chi connectivity index (χ4n) is 2.32. The van der Waals surface area contributed by atoms with Crippen LogP contribution in [0.1, 0.15) is 24.8 Å². The Kier molecular flexibility index (Phi) is 3.78. The van der Waals surface area contributed by atoms with Gasteiger partial charge in [-0.2, -0.15) is 5.26 Å². The maximum Gasteiger partial charge on any atom is 0.191 e. The summed E-state index contributed by atoms with van der Waals surface area (Å²) in [5.41, 5.74) is 5.53. The van der Waals surface area contributed by atoms with Crippen molar-refractivity contribution in [3.63, 3.8) is 0 Å². The Morgan fingerprint density at radius 1 is 1.33 bits per heavy atom. The molecule has 0 aromatic heterocycles. The molecule has 0 heterocycles. The molecule has 0 aliphatic heterocycles. The second-order valence-corrected chi connectivity index (χ2v) is 4.46. The minimum Gasteiger partial charge on any atom is -0.484 e. The Bertz CT molecular complexity index is 461. The molecular formula is C13H14F2N2O. The third kappa shape index (κ3) is 2.44. The molecule has 2 N–H and O–H groups in total. The van der Waals surface area contributed by atoms with Gasteiger partial charge in [0.25, 0.3) is 0 Å². The molecule has 18 heavy (non-hydrogen) atoms. The molecule has 2 atom stereocenters. The molecule has 1 fully saturated rings. The summed E-state index contributed by atoms with van der Waals surface area (Å²) in [6, 6.07) is 3.65. The smallest absolute Gasteiger partial charge is 0.191 e. The van der Waals surface area contributed by atoms with Crippen molar-refractivity contribution >= 4 is 0 Å². The van der Waals surface area contributed by atoms with Gasteiger partial charge >= 0.3 is 0 Å². The highest BCUT2D eigenvalue weighted by atomic mass is 19.1. The van der Waals surface area contributed by atoms with E-state index in [2.05, 4.69) is 0 Å². The molecule has 1 aromatic rings. The number of hydrogen-bond acceptors (Lipinski definition) is 3. The first-order valence-electron chi connectivity index (χ1n) is 5.91. The van der Waals surface area contributed by atoms with Crippen molar-refractivity contribution in [1.29, 1.82) is 5.26 Å². The van der Waals surface area contributed by atoms with Crippen molar-refractivity contribution in [3.05, 3.63) is 29.3 Å². The van der Waals surface area contributed by atoms with Crippen LogP contribution in [0.25, 0.3) is 0 Å². The highest BCUT2D eigenvalue weighted by molar-refractivity contribution is 5.37. The normalized spacial score (nSPS) is 22.8. The van der Waals surface area contributed by atoms with E-state index in [9.17, 15) is 8.78 Å². The first-order valence-corrected chi connectivity index (χ1v) is 5.91. The summed E-state index contributed by atoms with van der Waals surface area (Å²) in [5.74, 6) is -1.94. The number of hydrogen-bond donors (Lipinski definition) is 1. The van der Waals surface area contributed by atoms with Gasteiger partial charge in [0.15, 0.2) is 17.4 Å². The molecular weight excluding hydrogens is 238 g/mol. The molecule has 96 valence electrons. The number of halogens is 2. The Morgan fingerprint density at radius 3 is 2.56 bits per heavy atom. The van der Waals surface area contributed by atoms with Crippen LogP contribution >= 0.6 is 0 Å². The van der Waals surface area contributed by atoms with Gasteiger partial charge in [-0.3, -0.25) is 0 Å². The van der Waals surface area contributed by atoms with Crippen molar-refractivity contribution in [3.8, 4) is 11.8 Å². The van der Waals surface area contributed by atoms with E-state index in [0.29, 0.717) is 6.54 Å². The molecule has 2 rings (SSSR count). The van der Waals surface area contributed by atoms with Crippen molar-refractivity contribution in [2.45, 2.75) is 25.4 Å². The van der Waals surface area contributed by atoms with Crippen molar-refractivity contribution < 1.29 is 13.5 Å². The molecule has 1 aromatic carbocycles. The summed E-state index contributed by atoms with van der Waals surface area (Å²) >= 11 is 0. The van der Waals surface area contributed by atoms with Gasteiger partial charge in [0, 0.05) is 5.92 Å². The fraction of sp³-hybridized carbons (Fsp3) is 0.462. The number of ether oxygens (including phenoxy) is 1. The Hall–Kier alpha value is -1.67.